The summed E-state index contributed by atoms with van der Waals surface area (Å²) in [4.78, 5) is 0. The molecule has 1 aliphatic rings. The summed E-state index contributed by atoms with van der Waals surface area (Å²) in [6.45, 7) is 18.0. The van der Waals surface area contributed by atoms with Crippen LogP contribution in [0, 0.1) is 0 Å². The summed E-state index contributed by atoms with van der Waals surface area (Å²) in [6.07, 6.45) is 3.19. The maximum absolute atomic E-state index is 6.85. The highest BCUT2D eigenvalue weighted by atomic mass is 28.4. The lowest BCUT2D eigenvalue weighted by molar-refractivity contribution is -0.169. The van der Waals surface area contributed by atoms with Gasteiger partial charge in [0.15, 0.2) is 6.29 Å². The smallest absolute Gasteiger partial charge is 0.261 e. The second-order valence-electron chi connectivity index (χ2n) is 13.7. The summed E-state index contributed by atoms with van der Waals surface area (Å²) in [5, 5.41) is 2.48. The Kier molecular flexibility index (Phi) is 26.2. The van der Waals surface area contributed by atoms with Crippen molar-refractivity contribution < 1.29 is 56.5 Å². The highest BCUT2D eigenvalue weighted by Gasteiger charge is 2.50. The number of benzene rings is 2. The van der Waals surface area contributed by atoms with E-state index in [-0.39, 0.29) is 11.3 Å². The first-order chi connectivity index (χ1) is 26.5. The van der Waals surface area contributed by atoms with Gasteiger partial charge in [-0.05, 0) is 34.7 Å². The van der Waals surface area contributed by atoms with Gasteiger partial charge in [0.2, 0.25) is 0 Å². The van der Waals surface area contributed by atoms with E-state index in [1.54, 1.807) is 0 Å². The largest absolute Gasteiger partial charge is 0.405 e. The lowest BCUT2D eigenvalue weighted by Crippen LogP contribution is -2.66. The van der Waals surface area contributed by atoms with Crippen molar-refractivity contribution in [1.29, 1.82) is 0 Å². The lowest BCUT2D eigenvalue weighted by Gasteiger charge is -2.43. The molecule has 13 heteroatoms. The minimum Gasteiger partial charge on any atom is -0.405 e. The van der Waals surface area contributed by atoms with Gasteiger partial charge in [-0.2, -0.15) is 0 Å². The van der Waals surface area contributed by atoms with E-state index in [1.165, 1.54) is 10.4 Å². The minimum atomic E-state index is -2.54. The third kappa shape index (κ3) is 19.9. The normalized spacial score (nSPS) is 15.2. The van der Waals surface area contributed by atoms with Crippen molar-refractivity contribution in [2.24, 2.45) is 0 Å². The lowest BCUT2D eigenvalue weighted by atomic mass is 10.2. The maximum atomic E-state index is 6.85. The summed E-state index contributed by atoms with van der Waals surface area (Å²) in [6, 6.07) is 21.3. The topological polar surface area (TPSA) is 111 Å². The van der Waals surface area contributed by atoms with Crippen molar-refractivity contribution in [1.82, 2.24) is 0 Å². The van der Waals surface area contributed by atoms with Crippen molar-refractivity contribution in [3.63, 3.8) is 0 Å². The van der Waals surface area contributed by atoms with Crippen LogP contribution in [0.3, 0.4) is 0 Å². The molecule has 1 saturated heterocycles. The predicted octanol–water partition coefficient (Wildman–Crippen LogP) is 4.26. The van der Waals surface area contributed by atoms with Crippen molar-refractivity contribution in [3.8, 4) is 0 Å². The molecular formula is C41H68O12Si. The molecule has 1 unspecified atom stereocenters. The van der Waals surface area contributed by atoms with E-state index in [4.69, 9.17) is 56.5 Å². The molecule has 2 aromatic carbocycles. The van der Waals surface area contributed by atoms with Gasteiger partial charge in [0.05, 0.1) is 132 Å². The quantitative estimate of drug-likeness (QED) is 0.0749. The zero-order valence-corrected chi connectivity index (χ0v) is 34.2. The molecule has 308 valence electrons. The Morgan fingerprint density at radius 2 is 0.796 bits per heavy atom. The Bertz CT molecular complexity index is 1080. The predicted molar refractivity (Wildman–Crippen MR) is 210 cm³/mol. The summed E-state index contributed by atoms with van der Waals surface area (Å²) in [5.41, 5.74) is 0. The first-order valence-electron chi connectivity index (χ1n) is 19.7. The van der Waals surface area contributed by atoms with Gasteiger partial charge < -0.3 is 56.5 Å². The molecule has 0 aliphatic carbocycles. The summed E-state index contributed by atoms with van der Waals surface area (Å²) in [7, 11) is -2.54. The standard InChI is InChI=1S/C41H68O12Si/c1-41(2,3)54(38-12-6-4-7-13-38,39-14-8-5-9-15-39)53-37-35-50-33-31-48-29-27-46-25-23-44-21-19-42-18-20-43-22-24-45-26-28-47-30-32-49-34-36-52-40-16-10-11-17-51-40/h4-9,12-15,40H,10-11,16-37H2,1-3H3. The number of rotatable bonds is 34. The maximum Gasteiger partial charge on any atom is 0.261 e. The second-order valence-corrected chi connectivity index (χ2v) is 18.0. The van der Waals surface area contributed by atoms with Gasteiger partial charge in [-0.3, -0.25) is 0 Å². The fourth-order valence-corrected chi connectivity index (χ4v) is 10.5. The Morgan fingerprint density at radius 3 is 1.11 bits per heavy atom. The molecule has 0 bridgehead atoms. The third-order valence-electron chi connectivity index (χ3n) is 8.61. The average molecular weight is 781 g/mol. The van der Waals surface area contributed by atoms with Gasteiger partial charge in [0.1, 0.15) is 0 Å². The van der Waals surface area contributed by atoms with E-state index in [2.05, 4.69) is 81.4 Å². The van der Waals surface area contributed by atoms with Gasteiger partial charge in [0.25, 0.3) is 8.32 Å². The average Bonchev–Trinajstić information content (AvgIpc) is 3.19. The van der Waals surface area contributed by atoms with Gasteiger partial charge in [0, 0.05) is 6.61 Å². The van der Waals surface area contributed by atoms with Crippen LogP contribution in [-0.4, -0.2) is 153 Å². The molecule has 12 nitrogen and oxygen atoms in total. The number of hydrogen-bond acceptors (Lipinski definition) is 12. The van der Waals surface area contributed by atoms with Crippen LogP contribution in [0.4, 0.5) is 0 Å². The van der Waals surface area contributed by atoms with Crippen LogP contribution in [0.15, 0.2) is 60.7 Å². The molecule has 0 N–H and O–H groups in total. The zero-order valence-electron chi connectivity index (χ0n) is 33.2. The van der Waals surface area contributed by atoms with Crippen molar-refractivity contribution in [2.45, 2.75) is 51.4 Å². The minimum absolute atomic E-state index is 0.0556. The van der Waals surface area contributed by atoms with Crippen LogP contribution in [-0.2, 0) is 56.5 Å². The third-order valence-corrected chi connectivity index (χ3v) is 13.7. The van der Waals surface area contributed by atoms with E-state index in [1.807, 2.05) is 0 Å². The Hall–Kier alpha value is -1.82. The first-order valence-corrected chi connectivity index (χ1v) is 21.6. The van der Waals surface area contributed by atoms with E-state index in [0.29, 0.717) is 132 Å². The second kappa shape index (κ2) is 30.3. The fourth-order valence-electron chi connectivity index (χ4n) is 5.96. The molecule has 1 heterocycles. The van der Waals surface area contributed by atoms with E-state index in [9.17, 15) is 0 Å². The monoisotopic (exact) mass is 780 g/mol. The number of ether oxygens (including phenoxy) is 11. The van der Waals surface area contributed by atoms with Crippen molar-refractivity contribution in [3.05, 3.63) is 60.7 Å². The van der Waals surface area contributed by atoms with Crippen molar-refractivity contribution >= 4 is 18.7 Å². The molecule has 54 heavy (non-hydrogen) atoms. The molecule has 1 atom stereocenters. The van der Waals surface area contributed by atoms with Gasteiger partial charge in [-0.1, -0.05) is 81.4 Å². The molecule has 0 spiro atoms. The zero-order chi connectivity index (χ0) is 38.3. The highest BCUT2D eigenvalue weighted by Crippen LogP contribution is 2.36. The van der Waals surface area contributed by atoms with E-state index < -0.39 is 8.32 Å². The Morgan fingerprint density at radius 1 is 0.463 bits per heavy atom. The van der Waals surface area contributed by atoms with Crippen LogP contribution in [0.2, 0.25) is 5.04 Å². The van der Waals surface area contributed by atoms with Gasteiger partial charge >= 0.3 is 0 Å². The van der Waals surface area contributed by atoms with E-state index in [0.717, 1.165) is 25.9 Å². The van der Waals surface area contributed by atoms with Crippen LogP contribution < -0.4 is 10.4 Å². The number of hydrogen-bond donors (Lipinski definition) is 0. The molecule has 0 amide bonds. The SMILES string of the molecule is CC(C)(C)[Si](OCCOCCOCCOCCOCCOCCOCCOCCOCCOCCOC1CCCCO1)(c1ccccc1)c1ccccc1. The van der Waals surface area contributed by atoms with Gasteiger partial charge in [-0.25, -0.2) is 0 Å². The molecule has 0 radical (unpaired) electrons. The van der Waals surface area contributed by atoms with Crippen LogP contribution in [0.1, 0.15) is 40.0 Å². The summed E-state index contributed by atoms with van der Waals surface area (Å²) < 4.78 is 68.2. The fraction of sp³-hybridized carbons (Fsp3) is 0.707. The molecular weight excluding hydrogens is 713 g/mol. The molecule has 1 fully saturated rings. The molecule has 0 aromatic heterocycles. The van der Waals surface area contributed by atoms with E-state index >= 15 is 0 Å². The molecule has 1 aliphatic heterocycles. The Labute approximate surface area is 325 Å². The molecule has 3 rings (SSSR count). The van der Waals surface area contributed by atoms with Crippen molar-refractivity contribution in [2.75, 3.05) is 139 Å². The van der Waals surface area contributed by atoms with Crippen LogP contribution >= 0.6 is 0 Å². The van der Waals surface area contributed by atoms with Gasteiger partial charge in [-0.15, -0.1) is 0 Å². The molecule has 2 aromatic rings. The summed E-state index contributed by atoms with van der Waals surface area (Å²) >= 11 is 0. The molecule has 0 saturated carbocycles. The first kappa shape index (κ1) is 46.6. The highest BCUT2D eigenvalue weighted by molar-refractivity contribution is 6.99. The van der Waals surface area contributed by atoms with Crippen LogP contribution in [0.25, 0.3) is 0 Å². The Balaban J connectivity index is 1.01. The van der Waals surface area contributed by atoms with Crippen LogP contribution in [0.5, 0.6) is 0 Å². The summed E-state index contributed by atoms with van der Waals surface area (Å²) in [5.74, 6) is 0.